The summed E-state index contributed by atoms with van der Waals surface area (Å²) >= 11 is 1.77. The van der Waals surface area contributed by atoms with E-state index in [1.54, 1.807) is 28.2 Å². The summed E-state index contributed by atoms with van der Waals surface area (Å²) in [5.41, 5.74) is 1.61. The number of anilines is 1. The van der Waals surface area contributed by atoms with E-state index in [0.29, 0.717) is 18.0 Å². The van der Waals surface area contributed by atoms with Gasteiger partial charge in [0.05, 0.1) is 10.3 Å². The van der Waals surface area contributed by atoms with Crippen molar-refractivity contribution in [2.75, 3.05) is 29.9 Å². The monoisotopic (exact) mass is 340 g/mol. The summed E-state index contributed by atoms with van der Waals surface area (Å²) in [6, 6.07) is 3.33. The van der Waals surface area contributed by atoms with E-state index in [1.165, 1.54) is 0 Å². The molecule has 3 rings (SSSR count). The molecule has 1 saturated heterocycles. The standard InChI is InChI=1S/C15H20N2O3S2/c1-10-8-11(22(19,20)17-4-6-21-7-5-17)9-12-13(10)16-14(18)15(12,2)3/h8-9H,4-7H2,1-3H3,(H,16,18). The fourth-order valence-electron chi connectivity index (χ4n) is 2.89. The van der Waals surface area contributed by atoms with Gasteiger partial charge in [-0.05, 0) is 44.0 Å². The third-order valence-corrected chi connectivity index (χ3v) is 7.22. The van der Waals surface area contributed by atoms with Gasteiger partial charge in [0, 0.05) is 30.3 Å². The second-order valence-corrected chi connectivity index (χ2v) is 9.42. The molecule has 0 saturated carbocycles. The van der Waals surface area contributed by atoms with E-state index in [4.69, 9.17) is 0 Å². The zero-order valence-electron chi connectivity index (χ0n) is 13.0. The topological polar surface area (TPSA) is 66.5 Å². The number of carbonyl (C=O) groups excluding carboxylic acids is 1. The molecule has 2 aliphatic heterocycles. The Morgan fingerprint density at radius 2 is 1.86 bits per heavy atom. The molecule has 0 bridgehead atoms. The van der Waals surface area contributed by atoms with Gasteiger partial charge in [0.1, 0.15) is 0 Å². The van der Waals surface area contributed by atoms with Crippen LogP contribution in [0.4, 0.5) is 5.69 Å². The SMILES string of the molecule is Cc1cc(S(=O)(=O)N2CCSCC2)cc2c1NC(=O)C2(C)C. The van der Waals surface area contributed by atoms with E-state index < -0.39 is 15.4 Å². The molecule has 0 atom stereocenters. The van der Waals surface area contributed by atoms with Crippen molar-refractivity contribution >= 4 is 33.4 Å². The Balaban J connectivity index is 2.09. The summed E-state index contributed by atoms with van der Waals surface area (Å²) < 4.78 is 27.2. The highest BCUT2D eigenvalue weighted by Gasteiger charge is 2.40. The molecule has 0 radical (unpaired) electrons. The van der Waals surface area contributed by atoms with E-state index in [-0.39, 0.29) is 5.91 Å². The Morgan fingerprint density at radius 3 is 2.50 bits per heavy atom. The molecule has 7 heteroatoms. The molecule has 1 N–H and O–H groups in total. The minimum absolute atomic E-state index is 0.0884. The quantitative estimate of drug-likeness (QED) is 0.894. The minimum atomic E-state index is -3.49. The normalized spacial score (nSPS) is 21.5. The molecule has 0 aliphatic carbocycles. The first-order chi connectivity index (χ1) is 10.2. The molecule has 5 nitrogen and oxygen atoms in total. The zero-order valence-corrected chi connectivity index (χ0v) is 14.6. The van der Waals surface area contributed by atoms with Crippen molar-refractivity contribution in [2.45, 2.75) is 31.1 Å². The molecule has 0 spiro atoms. The lowest BCUT2D eigenvalue weighted by Crippen LogP contribution is -2.38. The summed E-state index contributed by atoms with van der Waals surface area (Å²) in [7, 11) is -3.49. The molecule has 0 unspecified atom stereocenters. The smallest absolute Gasteiger partial charge is 0.243 e. The number of benzene rings is 1. The maximum Gasteiger partial charge on any atom is 0.243 e. The van der Waals surface area contributed by atoms with Crippen LogP contribution in [0.1, 0.15) is 25.0 Å². The number of sulfonamides is 1. The highest BCUT2D eigenvalue weighted by atomic mass is 32.2. The van der Waals surface area contributed by atoms with Gasteiger partial charge < -0.3 is 5.32 Å². The van der Waals surface area contributed by atoms with Gasteiger partial charge in [0.15, 0.2) is 0 Å². The second kappa shape index (κ2) is 5.25. The molecule has 1 aromatic rings. The van der Waals surface area contributed by atoms with Gasteiger partial charge in [-0.25, -0.2) is 8.42 Å². The van der Waals surface area contributed by atoms with Gasteiger partial charge in [0.2, 0.25) is 15.9 Å². The summed E-state index contributed by atoms with van der Waals surface area (Å²) in [5, 5.41) is 2.86. The summed E-state index contributed by atoms with van der Waals surface area (Å²) in [5.74, 6) is 1.57. The third kappa shape index (κ3) is 2.35. The van der Waals surface area contributed by atoms with Crippen molar-refractivity contribution in [3.8, 4) is 0 Å². The van der Waals surface area contributed by atoms with Crippen LogP contribution in [0.15, 0.2) is 17.0 Å². The molecule has 2 heterocycles. The van der Waals surface area contributed by atoms with Crippen molar-refractivity contribution in [3.05, 3.63) is 23.3 Å². The van der Waals surface area contributed by atoms with Crippen LogP contribution in [0.5, 0.6) is 0 Å². The van der Waals surface area contributed by atoms with Crippen LogP contribution in [0.2, 0.25) is 0 Å². The predicted octanol–water partition coefficient (Wildman–Crippen LogP) is 1.96. The Morgan fingerprint density at radius 1 is 1.23 bits per heavy atom. The average Bonchev–Trinajstić information content (AvgIpc) is 2.71. The van der Waals surface area contributed by atoms with Crippen LogP contribution < -0.4 is 5.32 Å². The largest absolute Gasteiger partial charge is 0.325 e. The molecule has 1 fully saturated rings. The maximum atomic E-state index is 12.8. The summed E-state index contributed by atoms with van der Waals surface area (Å²) in [6.07, 6.45) is 0. The van der Waals surface area contributed by atoms with Crippen LogP contribution in [-0.4, -0.2) is 43.2 Å². The number of hydrogen-bond donors (Lipinski definition) is 1. The molecule has 0 aromatic heterocycles. The van der Waals surface area contributed by atoms with Crippen LogP contribution in [0, 0.1) is 6.92 Å². The first-order valence-electron chi connectivity index (χ1n) is 7.29. The Hall–Kier alpha value is -1.05. The highest BCUT2D eigenvalue weighted by Crippen LogP contribution is 2.41. The summed E-state index contributed by atoms with van der Waals surface area (Å²) in [6.45, 7) is 6.57. The molecular formula is C15H20N2O3S2. The van der Waals surface area contributed by atoms with E-state index in [2.05, 4.69) is 5.32 Å². The van der Waals surface area contributed by atoms with Crippen LogP contribution in [0.3, 0.4) is 0 Å². The highest BCUT2D eigenvalue weighted by molar-refractivity contribution is 7.99. The maximum absolute atomic E-state index is 12.8. The van der Waals surface area contributed by atoms with Crippen molar-refractivity contribution in [1.82, 2.24) is 4.31 Å². The first kappa shape index (κ1) is 15.8. The van der Waals surface area contributed by atoms with Gasteiger partial charge in [0.25, 0.3) is 0 Å². The minimum Gasteiger partial charge on any atom is -0.325 e. The zero-order chi connectivity index (χ0) is 16.1. The third-order valence-electron chi connectivity index (χ3n) is 4.40. The molecule has 1 amide bonds. The molecule has 1 aromatic carbocycles. The van der Waals surface area contributed by atoms with Crippen molar-refractivity contribution < 1.29 is 13.2 Å². The van der Waals surface area contributed by atoms with E-state index in [1.807, 2.05) is 20.8 Å². The number of fused-ring (bicyclic) bond motifs is 1. The molecular weight excluding hydrogens is 320 g/mol. The lowest BCUT2D eigenvalue weighted by molar-refractivity contribution is -0.119. The van der Waals surface area contributed by atoms with E-state index >= 15 is 0 Å². The Bertz CT molecular complexity index is 735. The number of amides is 1. The van der Waals surface area contributed by atoms with Crippen molar-refractivity contribution in [2.24, 2.45) is 0 Å². The fraction of sp³-hybridized carbons (Fsp3) is 0.533. The van der Waals surface area contributed by atoms with Crippen LogP contribution in [-0.2, 0) is 20.2 Å². The first-order valence-corrected chi connectivity index (χ1v) is 9.88. The number of nitrogens with one attached hydrogen (secondary N) is 1. The van der Waals surface area contributed by atoms with E-state index in [0.717, 1.165) is 28.3 Å². The number of aryl methyl sites for hydroxylation is 1. The van der Waals surface area contributed by atoms with Gasteiger partial charge in [-0.3, -0.25) is 4.79 Å². The van der Waals surface area contributed by atoms with Gasteiger partial charge in [-0.2, -0.15) is 16.1 Å². The number of nitrogens with zero attached hydrogens (tertiary/aromatic N) is 1. The summed E-state index contributed by atoms with van der Waals surface area (Å²) in [4.78, 5) is 12.4. The Labute approximate surface area is 135 Å². The fourth-order valence-corrected chi connectivity index (χ4v) is 5.58. The molecule has 2 aliphatic rings. The second-order valence-electron chi connectivity index (χ2n) is 6.26. The van der Waals surface area contributed by atoms with Gasteiger partial charge in [-0.15, -0.1) is 0 Å². The number of thioether (sulfide) groups is 1. The molecule has 120 valence electrons. The molecule has 22 heavy (non-hydrogen) atoms. The van der Waals surface area contributed by atoms with Gasteiger partial charge in [-0.1, -0.05) is 0 Å². The van der Waals surface area contributed by atoms with Crippen molar-refractivity contribution in [1.29, 1.82) is 0 Å². The Kier molecular flexibility index (Phi) is 3.78. The van der Waals surface area contributed by atoms with Crippen molar-refractivity contribution in [3.63, 3.8) is 0 Å². The lowest BCUT2D eigenvalue weighted by atomic mass is 9.85. The number of rotatable bonds is 2. The van der Waals surface area contributed by atoms with Crippen LogP contribution >= 0.6 is 11.8 Å². The number of carbonyl (C=O) groups is 1. The van der Waals surface area contributed by atoms with Gasteiger partial charge >= 0.3 is 0 Å². The predicted molar refractivity (Wildman–Crippen MR) is 88.9 cm³/mol. The lowest BCUT2D eigenvalue weighted by Gasteiger charge is -2.26. The van der Waals surface area contributed by atoms with E-state index in [9.17, 15) is 13.2 Å². The van der Waals surface area contributed by atoms with Crippen LogP contribution in [0.25, 0.3) is 0 Å². The average molecular weight is 340 g/mol. The number of hydrogen-bond acceptors (Lipinski definition) is 4.